The van der Waals surface area contributed by atoms with Crippen molar-refractivity contribution in [1.29, 1.82) is 0 Å². The van der Waals surface area contributed by atoms with Crippen LogP contribution in [-0.4, -0.2) is 45.1 Å². The Bertz CT molecular complexity index is 1400. The molecule has 3 rings (SSSR count). The van der Waals surface area contributed by atoms with E-state index >= 15 is 0 Å². The van der Waals surface area contributed by atoms with Crippen LogP contribution in [0.2, 0.25) is 0 Å². The third-order valence-corrected chi connectivity index (χ3v) is 10.1. The molecule has 0 aliphatic heterocycles. The molecule has 0 fully saturated rings. The Hall–Kier alpha value is -2.96. The van der Waals surface area contributed by atoms with Gasteiger partial charge in [-0.3, -0.25) is 4.79 Å². The Labute approximate surface area is 241 Å². The van der Waals surface area contributed by atoms with Crippen LogP contribution in [0, 0.1) is 34.8 Å². The van der Waals surface area contributed by atoms with Gasteiger partial charge in [0.05, 0.1) is 19.1 Å². The van der Waals surface area contributed by atoms with Gasteiger partial charge in [0.1, 0.15) is 16.2 Å². The number of aryl methyl sites for hydroxylation is 4. The number of carbonyl (C=O) groups is 2. The molecule has 0 radical (unpaired) electrons. The highest BCUT2D eigenvalue weighted by Crippen LogP contribution is 2.15. The molecule has 0 heterocycles. The molecule has 1 atom stereocenters. The van der Waals surface area contributed by atoms with Crippen LogP contribution in [0.25, 0.3) is 0 Å². The molecule has 0 aliphatic rings. The summed E-state index contributed by atoms with van der Waals surface area (Å²) in [5.74, 6) is 0.139. The van der Waals surface area contributed by atoms with Gasteiger partial charge in [-0.15, -0.1) is 0 Å². The molecule has 3 aromatic carbocycles. The molecular formula is C29H34INO7S. The van der Waals surface area contributed by atoms with E-state index in [0.717, 1.165) is 20.4 Å². The lowest BCUT2D eigenvalue weighted by Gasteiger charge is -2.15. The van der Waals surface area contributed by atoms with Crippen molar-refractivity contribution in [3.8, 4) is 5.75 Å². The van der Waals surface area contributed by atoms with E-state index in [1.807, 2.05) is 19.1 Å². The summed E-state index contributed by atoms with van der Waals surface area (Å²) < 4.78 is 44.1. The van der Waals surface area contributed by atoms with Crippen molar-refractivity contribution >= 4 is 22.0 Å². The number of esters is 1. The van der Waals surface area contributed by atoms with Crippen LogP contribution in [0.1, 0.15) is 34.7 Å². The highest BCUT2D eigenvalue weighted by molar-refractivity contribution is 7.85. The zero-order chi connectivity index (χ0) is 29.3. The van der Waals surface area contributed by atoms with Crippen molar-refractivity contribution < 1.29 is 53.2 Å². The molecule has 0 spiro atoms. The lowest BCUT2D eigenvalue weighted by atomic mass is 10.1. The van der Waals surface area contributed by atoms with Crippen molar-refractivity contribution in [2.45, 2.75) is 52.0 Å². The van der Waals surface area contributed by atoms with Crippen molar-refractivity contribution in [2.75, 3.05) is 14.2 Å². The van der Waals surface area contributed by atoms with Gasteiger partial charge in [0.15, 0.2) is 9.32 Å². The number of halogens is 1. The van der Waals surface area contributed by atoms with Gasteiger partial charge in [-0.1, -0.05) is 41.5 Å². The quantitative estimate of drug-likeness (QED) is 0.215. The van der Waals surface area contributed by atoms with Crippen molar-refractivity contribution in [3.05, 3.63) is 89.6 Å². The van der Waals surface area contributed by atoms with E-state index in [2.05, 4.69) is 44.3 Å². The minimum absolute atomic E-state index is 0.178. The lowest BCUT2D eigenvalue weighted by molar-refractivity contribution is -0.599. The van der Waals surface area contributed by atoms with Crippen molar-refractivity contribution in [3.63, 3.8) is 0 Å². The first-order valence-electron chi connectivity index (χ1n) is 12.0. The summed E-state index contributed by atoms with van der Waals surface area (Å²) in [6.07, 6.45) is 0.374. The van der Waals surface area contributed by atoms with Crippen LogP contribution < -0.4 is 31.3 Å². The predicted molar refractivity (Wildman–Crippen MR) is 144 cm³/mol. The normalized spacial score (nSPS) is 11.6. The summed E-state index contributed by atoms with van der Waals surface area (Å²) in [6, 6.07) is 15.5. The van der Waals surface area contributed by atoms with Gasteiger partial charge in [-0.2, -0.15) is 0 Å². The third-order valence-electron chi connectivity index (χ3n) is 5.61. The second-order valence-electron chi connectivity index (χ2n) is 9.02. The van der Waals surface area contributed by atoms with Gasteiger partial charge >= 0.3 is 27.2 Å². The summed E-state index contributed by atoms with van der Waals surface area (Å²) in [5.41, 5.74) is 5.74. The van der Waals surface area contributed by atoms with Crippen LogP contribution in [0.15, 0.2) is 59.5 Å². The fraction of sp³-hybridized carbons (Fsp3) is 0.310. The van der Waals surface area contributed by atoms with E-state index in [1.54, 1.807) is 19.2 Å². The zero-order valence-electron chi connectivity index (χ0n) is 23.1. The van der Waals surface area contributed by atoms with E-state index < -0.39 is 43.3 Å². The monoisotopic (exact) mass is 667 g/mol. The SMILES string of the molecule is COC(=O)[C@H](Cc1ccc(OC)c([I+]c2c(C)cc(C)cc2C)c1)NC(C)=O.Cc1ccc(S(=O)(=O)[O-])cc1. The number of methoxy groups -OCH3 is 2. The number of amides is 1. The number of carbonyl (C=O) groups excluding carboxylic acids is 2. The van der Waals surface area contributed by atoms with Gasteiger partial charge < -0.3 is 19.3 Å². The Morgan fingerprint density at radius 1 is 0.923 bits per heavy atom. The molecule has 1 amide bonds. The van der Waals surface area contributed by atoms with Gasteiger partial charge in [-0.25, -0.2) is 13.2 Å². The maximum atomic E-state index is 12.0. The number of nitrogens with one attached hydrogen (secondary N) is 1. The van der Waals surface area contributed by atoms with E-state index in [4.69, 9.17) is 9.47 Å². The minimum Gasteiger partial charge on any atom is -0.744 e. The summed E-state index contributed by atoms with van der Waals surface area (Å²) in [5, 5.41) is 2.67. The molecule has 0 saturated heterocycles. The first-order valence-corrected chi connectivity index (χ1v) is 15.6. The van der Waals surface area contributed by atoms with Crippen LogP contribution in [0.3, 0.4) is 0 Å². The molecule has 0 aliphatic carbocycles. The van der Waals surface area contributed by atoms with Crippen LogP contribution in [-0.2, 0) is 30.9 Å². The molecule has 10 heteroatoms. The molecule has 0 unspecified atom stereocenters. The molecule has 8 nitrogen and oxygen atoms in total. The molecule has 3 aromatic rings. The first kappa shape index (κ1) is 32.3. The van der Waals surface area contributed by atoms with Crippen LogP contribution in [0.4, 0.5) is 0 Å². The molecule has 39 heavy (non-hydrogen) atoms. The highest BCUT2D eigenvalue weighted by Gasteiger charge is 2.27. The van der Waals surface area contributed by atoms with Crippen LogP contribution >= 0.6 is 0 Å². The topological polar surface area (TPSA) is 122 Å². The number of benzene rings is 3. The number of hydrogen-bond acceptors (Lipinski definition) is 7. The van der Waals surface area contributed by atoms with Crippen molar-refractivity contribution in [2.24, 2.45) is 0 Å². The van der Waals surface area contributed by atoms with E-state index in [0.29, 0.717) is 6.42 Å². The zero-order valence-corrected chi connectivity index (χ0v) is 26.1. The molecule has 0 saturated carbocycles. The Balaban J connectivity index is 0.000000404. The van der Waals surface area contributed by atoms with Gasteiger partial charge in [0, 0.05) is 24.5 Å². The summed E-state index contributed by atoms with van der Waals surface area (Å²) in [7, 11) is -1.27. The Morgan fingerprint density at radius 3 is 2.00 bits per heavy atom. The number of hydrogen-bond donors (Lipinski definition) is 1. The maximum Gasteiger partial charge on any atom is 0.362 e. The average Bonchev–Trinajstić information content (AvgIpc) is 2.85. The standard InChI is InChI=1S/C22H26INO4.C7H8O3S/c1-13-9-14(2)21(15(3)10-13)23-18-11-17(7-8-20(18)27-5)12-19(22(26)28-6)24-16(4)25;1-6-2-4-7(5-3-6)11(8,9)10/h7-11,19H,12H2,1-6H3;2-5H,1H3,(H,8,9,10)/t19-;/m0./s1. The predicted octanol–water partition coefficient (Wildman–Crippen LogP) is 0.868. The van der Waals surface area contributed by atoms with Gasteiger partial charge in [0.2, 0.25) is 9.48 Å². The van der Waals surface area contributed by atoms with E-state index in [-0.39, 0.29) is 10.8 Å². The van der Waals surface area contributed by atoms with Crippen LogP contribution in [0.5, 0.6) is 5.75 Å². The largest absolute Gasteiger partial charge is 0.744 e. The highest BCUT2D eigenvalue weighted by atomic mass is 127. The molecule has 1 N–H and O–H groups in total. The summed E-state index contributed by atoms with van der Waals surface area (Å²) >= 11 is -0.464. The van der Waals surface area contributed by atoms with Crippen molar-refractivity contribution in [1.82, 2.24) is 5.32 Å². The number of ether oxygens (including phenoxy) is 2. The fourth-order valence-electron chi connectivity index (χ4n) is 3.85. The van der Waals surface area contributed by atoms with E-state index in [9.17, 15) is 22.6 Å². The lowest BCUT2D eigenvalue weighted by Crippen LogP contribution is -3.62. The second kappa shape index (κ2) is 14.4. The molecular weight excluding hydrogens is 633 g/mol. The Morgan fingerprint density at radius 2 is 1.51 bits per heavy atom. The van der Waals surface area contributed by atoms with E-state index in [1.165, 1.54) is 46.4 Å². The second-order valence-corrected chi connectivity index (χ2v) is 13.2. The smallest absolute Gasteiger partial charge is 0.362 e. The fourth-order valence-corrected chi connectivity index (χ4v) is 7.28. The third kappa shape index (κ3) is 9.94. The number of rotatable bonds is 8. The Kier molecular flexibility index (Phi) is 11.9. The van der Waals surface area contributed by atoms with Gasteiger partial charge in [-0.05, 0) is 57.5 Å². The minimum atomic E-state index is -4.27. The molecule has 0 aromatic heterocycles. The summed E-state index contributed by atoms with van der Waals surface area (Å²) in [6.45, 7) is 9.62. The average molecular weight is 668 g/mol. The van der Waals surface area contributed by atoms with Gasteiger partial charge in [0.25, 0.3) is 0 Å². The maximum absolute atomic E-state index is 12.0. The first-order chi connectivity index (χ1) is 18.2. The summed E-state index contributed by atoms with van der Waals surface area (Å²) in [4.78, 5) is 23.3. The molecule has 0 bridgehead atoms. The molecule has 210 valence electrons.